The normalized spacial score (nSPS) is 11.2. The number of rotatable bonds is 6. The second kappa shape index (κ2) is 6.16. The molecule has 2 aromatic heterocycles. The lowest BCUT2D eigenvalue weighted by Crippen LogP contribution is -2.26. The zero-order valence-corrected chi connectivity index (χ0v) is 10.8. The van der Waals surface area contributed by atoms with Crippen LogP contribution in [0.3, 0.4) is 0 Å². The zero-order chi connectivity index (χ0) is 12.1. The topological polar surface area (TPSA) is 52.1 Å². The van der Waals surface area contributed by atoms with E-state index in [2.05, 4.69) is 14.9 Å². The average molecular weight is 272 g/mol. The summed E-state index contributed by atoms with van der Waals surface area (Å²) in [5, 5.41) is 9.05. The van der Waals surface area contributed by atoms with Crippen LogP contribution in [0.5, 0.6) is 0 Å². The van der Waals surface area contributed by atoms with E-state index in [-0.39, 0.29) is 6.61 Å². The van der Waals surface area contributed by atoms with Crippen molar-refractivity contribution in [2.45, 2.75) is 13.1 Å². The number of aromatic amines is 1. The first-order valence-electron chi connectivity index (χ1n) is 5.33. The van der Waals surface area contributed by atoms with Gasteiger partial charge in [0.2, 0.25) is 0 Å². The first kappa shape index (κ1) is 12.6. The number of hydrogen-bond donors (Lipinski definition) is 2. The number of aliphatic hydroxyl groups is 1. The van der Waals surface area contributed by atoms with Gasteiger partial charge in [-0.15, -0.1) is 11.3 Å². The average Bonchev–Trinajstić information content (AvgIpc) is 2.91. The van der Waals surface area contributed by atoms with Crippen LogP contribution in [0.1, 0.15) is 10.7 Å². The highest BCUT2D eigenvalue weighted by molar-refractivity contribution is 7.16. The molecule has 2 N–H and O–H groups in total. The molecular weight excluding hydrogens is 258 g/mol. The number of aliphatic hydroxyl groups excluding tert-OH is 1. The third kappa shape index (κ3) is 3.81. The Morgan fingerprint density at radius 2 is 2.29 bits per heavy atom. The van der Waals surface area contributed by atoms with Crippen molar-refractivity contribution in [3.63, 3.8) is 0 Å². The molecule has 92 valence electrons. The van der Waals surface area contributed by atoms with Crippen LogP contribution in [0.25, 0.3) is 0 Å². The summed E-state index contributed by atoms with van der Waals surface area (Å²) < 4.78 is 0.793. The quantitative estimate of drug-likeness (QED) is 0.846. The lowest BCUT2D eigenvalue weighted by atomic mass is 10.4. The van der Waals surface area contributed by atoms with E-state index in [1.54, 1.807) is 23.7 Å². The highest BCUT2D eigenvalue weighted by atomic mass is 35.5. The van der Waals surface area contributed by atoms with Gasteiger partial charge in [0.15, 0.2) is 0 Å². The maximum Gasteiger partial charge on any atom is 0.120 e. The van der Waals surface area contributed by atoms with Crippen molar-refractivity contribution in [2.75, 3.05) is 13.2 Å². The van der Waals surface area contributed by atoms with E-state index in [1.807, 2.05) is 12.1 Å². The molecule has 0 amide bonds. The van der Waals surface area contributed by atoms with Gasteiger partial charge in [-0.25, -0.2) is 4.98 Å². The van der Waals surface area contributed by atoms with Crippen molar-refractivity contribution in [3.8, 4) is 0 Å². The monoisotopic (exact) mass is 271 g/mol. The van der Waals surface area contributed by atoms with Gasteiger partial charge in [-0.3, -0.25) is 4.90 Å². The first-order chi connectivity index (χ1) is 8.28. The Morgan fingerprint density at radius 1 is 1.41 bits per heavy atom. The van der Waals surface area contributed by atoms with E-state index in [0.717, 1.165) is 16.7 Å². The molecular formula is C11H14ClN3OS. The number of halogens is 1. The molecule has 0 fully saturated rings. The van der Waals surface area contributed by atoms with E-state index in [9.17, 15) is 0 Å². The predicted molar refractivity (Wildman–Crippen MR) is 69.1 cm³/mol. The standard InChI is InChI=1S/C11H14ClN3OS/c12-10-2-1-9(17-10)7-15(5-6-16)8-11-13-3-4-14-11/h1-4,16H,5-8H2,(H,13,14). The molecule has 6 heteroatoms. The van der Waals surface area contributed by atoms with Crippen LogP contribution in [0, 0.1) is 0 Å². The van der Waals surface area contributed by atoms with Gasteiger partial charge in [0.05, 0.1) is 17.5 Å². The lowest BCUT2D eigenvalue weighted by molar-refractivity contribution is 0.182. The van der Waals surface area contributed by atoms with Crippen LogP contribution < -0.4 is 0 Å². The molecule has 0 aromatic carbocycles. The van der Waals surface area contributed by atoms with Gasteiger partial charge in [-0.05, 0) is 12.1 Å². The Labute approximate surface area is 109 Å². The molecule has 0 radical (unpaired) electrons. The number of nitrogens with zero attached hydrogens (tertiary/aromatic N) is 2. The molecule has 0 aliphatic rings. The van der Waals surface area contributed by atoms with Crippen LogP contribution >= 0.6 is 22.9 Å². The van der Waals surface area contributed by atoms with E-state index in [0.29, 0.717) is 13.1 Å². The molecule has 0 atom stereocenters. The summed E-state index contributed by atoms with van der Waals surface area (Å²) in [5.41, 5.74) is 0. The predicted octanol–water partition coefficient (Wildman–Crippen LogP) is 2.12. The van der Waals surface area contributed by atoms with Gasteiger partial charge >= 0.3 is 0 Å². The van der Waals surface area contributed by atoms with Crippen molar-refractivity contribution < 1.29 is 5.11 Å². The van der Waals surface area contributed by atoms with Crippen LogP contribution in [-0.2, 0) is 13.1 Å². The molecule has 0 aliphatic heterocycles. The van der Waals surface area contributed by atoms with Crippen LogP contribution in [0.15, 0.2) is 24.5 Å². The molecule has 2 aromatic rings. The Balaban J connectivity index is 1.97. The minimum atomic E-state index is 0.139. The Morgan fingerprint density at radius 3 is 2.88 bits per heavy atom. The summed E-state index contributed by atoms with van der Waals surface area (Å²) >= 11 is 7.46. The molecule has 4 nitrogen and oxygen atoms in total. The minimum absolute atomic E-state index is 0.139. The highest BCUT2D eigenvalue weighted by Crippen LogP contribution is 2.22. The number of aromatic nitrogens is 2. The summed E-state index contributed by atoms with van der Waals surface area (Å²) in [7, 11) is 0. The number of imidazole rings is 1. The van der Waals surface area contributed by atoms with Gasteiger partial charge in [0.1, 0.15) is 5.82 Å². The van der Waals surface area contributed by atoms with E-state index < -0.39 is 0 Å². The van der Waals surface area contributed by atoms with Gasteiger partial charge < -0.3 is 10.1 Å². The molecule has 0 aliphatic carbocycles. The lowest BCUT2D eigenvalue weighted by Gasteiger charge is -2.19. The molecule has 0 unspecified atom stereocenters. The summed E-state index contributed by atoms with van der Waals surface area (Å²) in [4.78, 5) is 10.6. The maximum absolute atomic E-state index is 9.05. The summed E-state index contributed by atoms with van der Waals surface area (Å²) in [5.74, 6) is 0.904. The number of H-pyrrole nitrogens is 1. The molecule has 2 rings (SSSR count). The second-order valence-electron chi connectivity index (χ2n) is 3.68. The number of nitrogens with one attached hydrogen (secondary N) is 1. The third-order valence-electron chi connectivity index (χ3n) is 2.35. The minimum Gasteiger partial charge on any atom is -0.395 e. The Bertz CT molecular complexity index is 443. The van der Waals surface area contributed by atoms with Gasteiger partial charge in [-0.2, -0.15) is 0 Å². The van der Waals surface area contributed by atoms with Crippen molar-refractivity contribution in [3.05, 3.63) is 39.6 Å². The first-order valence-corrected chi connectivity index (χ1v) is 6.53. The zero-order valence-electron chi connectivity index (χ0n) is 9.27. The molecule has 17 heavy (non-hydrogen) atoms. The number of thiophene rings is 1. The van der Waals surface area contributed by atoms with Gasteiger partial charge in [0, 0.05) is 30.4 Å². The second-order valence-corrected chi connectivity index (χ2v) is 5.48. The fraction of sp³-hybridized carbons (Fsp3) is 0.364. The van der Waals surface area contributed by atoms with Crippen molar-refractivity contribution >= 4 is 22.9 Å². The van der Waals surface area contributed by atoms with Crippen molar-refractivity contribution in [2.24, 2.45) is 0 Å². The van der Waals surface area contributed by atoms with Crippen molar-refractivity contribution in [1.29, 1.82) is 0 Å². The Hall–Kier alpha value is -0.880. The molecule has 0 saturated carbocycles. The highest BCUT2D eigenvalue weighted by Gasteiger charge is 2.09. The third-order valence-corrected chi connectivity index (χ3v) is 3.57. The summed E-state index contributed by atoms with van der Waals surface area (Å²) in [6.45, 7) is 2.23. The Kier molecular flexibility index (Phi) is 4.56. The fourth-order valence-electron chi connectivity index (χ4n) is 1.61. The molecule has 0 bridgehead atoms. The maximum atomic E-state index is 9.05. The van der Waals surface area contributed by atoms with E-state index in [4.69, 9.17) is 16.7 Å². The fourth-order valence-corrected chi connectivity index (χ4v) is 2.74. The smallest absolute Gasteiger partial charge is 0.120 e. The van der Waals surface area contributed by atoms with Crippen LogP contribution in [0.2, 0.25) is 4.34 Å². The van der Waals surface area contributed by atoms with Crippen LogP contribution in [0.4, 0.5) is 0 Å². The number of hydrogen-bond acceptors (Lipinski definition) is 4. The van der Waals surface area contributed by atoms with Crippen molar-refractivity contribution in [1.82, 2.24) is 14.9 Å². The SMILES string of the molecule is OCCN(Cc1ncc[nH]1)Cc1ccc(Cl)s1. The van der Waals surface area contributed by atoms with Crippen LogP contribution in [-0.4, -0.2) is 33.1 Å². The summed E-state index contributed by atoms with van der Waals surface area (Å²) in [6.07, 6.45) is 3.53. The van der Waals surface area contributed by atoms with E-state index in [1.165, 1.54) is 4.88 Å². The molecule has 0 spiro atoms. The molecule has 2 heterocycles. The molecule has 0 saturated heterocycles. The summed E-state index contributed by atoms with van der Waals surface area (Å²) in [6, 6.07) is 3.91. The van der Waals surface area contributed by atoms with Gasteiger partial charge in [-0.1, -0.05) is 11.6 Å². The van der Waals surface area contributed by atoms with E-state index >= 15 is 0 Å². The van der Waals surface area contributed by atoms with Gasteiger partial charge in [0.25, 0.3) is 0 Å². The largest absolute Gasteiger partial charge is 0.395 e.